The van der Waals surface area contributed by atoms with Gasteiger partial charge in [0.2, 0.25) is 47.3 Å². The molecule has 0 saturated carbocycles. The third kappa shape index (κ3) is 45.3. The third-order valence-electron chi connectivity index (χ3n) is 14.8. The van der Waals surface area contributed by atoms with Crippen LogP contribution < -0.4 is 74.9 Å². The number of carboxylic acids is 1. The summed E-state index contributed by atoms with van der Waals surface area (Å²) in [6, 6.07) is -6.18. The van der Waals surface area contributed by atoms with Crippen LogP contribution in [0.3, 0.4) is 0 Å². The molecule has 0 aliphatic heterocycles. The smallest absolute Gasteiger partial charge is 0.408 e. The van der Waals surface area contributed by atoms with E-state index in [0.717, 1.165) is 0 Å². The number of nitrogens with two attached hydrogens (primary N) is 1. The summed E-state index contributed by atoms with van der Waals surface area (Å²) in [7, 11) is 0. The highest BCUT2D eigenvalue weighted by Gasteiger charge is 2.40. The second kappa shape index (κ2) is 45.4. The largest absolute Gasteiger partial charge is 0.480 e. The van der Waals surface area contributed by atoms with Crippen molar-refractivity contribution < 1.29 is 105 Å². The standard InChI is InChI=1S/C76H132N14O22/c1-43(2)41-52(61(96)85-48(32-37-78-65(101)108-72(11,12)13)57(92)84-51(35-40-81-68(104)111-75(20,21)22)60(95)89-55(64(99)100)45(4)107-71(8,9)10)87-62(97)53(42-46-29-27-26-28-30-46)88-59(94)49(33-38-79-66(102)109-73(14,15)16)83-56(91)47(31-36-77)82-58(93)50(34-39-80-67(103)110-74(17,18)19)86-63(98)54(44(3)106-70(5,6)7)90-69(105)112-76(23,24)25/h26-30,43-45,47-55H,31-42,77H2,1-25H3,(H,78,101)(H,79,102)(H,80,103)(H,81,104)(H,82,93)(H,83,91)(H,84,92)(H,85,96)(H,86,98)(H,87,97)(H,88,94)(H,89,95)(H,90,105)(H,99,100)/t44-,45-,47+,48+,49+,50+,51+,52+,53-,54+,55+/m1/s1. The molecule has 13 amide bonds. The van der Waals surface area contributed by atoms with Gasteiger partial charge >= 0.3 is 36.4 Å². The van der Waals surface area contributed by atoms with E-state index in [2.05, 4.69) is 69.1 Å². The molecule has 0 spiro atoms. The molecule has 0 bridgehead atoms. The number of rotatable bonds is 40. The maximum atomic E-state index is 15.1. The predicted octanol–water partition coefficient (Wildman–Crippen LogP) is 4.55. The summed E-state index contributed by atoms with van der Waals surface area (Å²) in [6.45, 7) is 39.2. The number of carbonyl (C=O) groups is 14. The van der Waals surface area contributed by atoms with E-state index in [1.54, 1.807) is 190 Å². The lowest BCUT2D eigenvalue weighted by atomic mass is 10.00. The molecule has 1 aromatic rings. The third-order valence-corrected chi connectivity index (χ3v) is 14.8. The molecule has 0 unspecified atom stereocenters. The quantitative estimate of drug-likeness (QED) is 0.0401. The summed E-state index contributed by atoms with van der Waals surface area (Å²) in [5.74, 6) is -9.94. The molecule has 0 aromatic heterocycles. The molecule has 1 aromatic carbocycles. The van der Waals surface area contributed by atoms with Crippen molar-refractivity contribution in [2.45, 2.75) is 324 Å². The van der Waals surface area contributed by atoms with Crippen LogP contribution in [0.25, 0.3) is 0 Å². The number of nitrogens with one attached hydrogen (secondary N) is 13. The second-order valence-corrected chi connectivity index (χ2v) is 34.5. The average Bonchev–Trinajstić information content (AvgIpc) is 0.848. The molecule has 16 N–H and O–H groups in total. The molecule has 0 fully saturated rings. The van der Waals surface area contributed by atoms with E-state index in [1.165, 1.54) is 13.8 Å². The van der Waals surface area contributed by atoms with Gasteiger partial charge in [-0.15, -0.1) is 0 Å². The van der Waals surface area contributed by atoms with Crippen LogP contribution in [0.2, 0.25) is 0 Å². The second-order valence-electron chi connectivity index (χ2n) is 34.5. The van der Waals surface area contributed by atoms with Gasteiger partial charge in [0.05, 0.1) is 23.4 Å². The van der Waals surface area contributed by atoms with Crippen LogP contribution in [0.4, 0.5) is 24.0 Å². The van der Waals surface area contributed by atoms with E-state index in [9.17, 15) is 62.6 Å². The predicted molar refractivity (Wildman–Crippen MR) is 416 cm³/mol. The highest BCUT2D eigenvalue weighted by Crippen LogP contribution is 2.19. The first kappa shape index (κ1) is 101. The van der Waals surface area contributed by atoms with Crippen LogP contribution in [0.5, 0.6) is 0 Å². The molecule has 0 aliphatic carbocycles. The van der Waals surface area contributed by atoms with Gasteiger partial charge in [0.1, 0.15) is 76.3 Å². The average molecular weight is 1590 g/mol. The Balaban J connectivity index is 4.14. The van der Waals surface area contributed by atoms with Crippen LogP contribution >= 0.6 is 0 Å². The van der Waals surface area contributed by atoms with E-state index in [-0.39, 0.29) is 70.7 Å². The molecular formula is C76H132N14O22. The molecule has 0 heterocycles. The van der Waals surface area contributed by atoms with Crippen LogP contribution in [0.1, 0.15) is 217 Å². The van der Waals surface area contributed by atoms with Gasteiger partial charge in [-0.1, -0.05) is 44.2 Å². The number of carboxylic acid groups (broad SMARTS) is 1. The van der Waals surface area contributed by atoms with Gasteiger partial charge in [-0.3, -0.25) is 38.4 Å². The molecule has 112 heavy (non-hydrogen) atoms. The van der Waals surface area contributed by atoms with Crippen molar-refractivity contribution in [2.75, 3.05) is 32.7 Å². The van der Waals surface area contributed by atoms with Crippen LogP contribution in [-0.4, -0.2) is 227 Å². The minimum absolute atomic E-state index is 0.122. The maximum absolute atomic E-state index is 15.1. The van der Waals surface area contributed by atoms with Gasteiger partial charge in [-0.05, 0) is 216 Å². The van der Waals surface area contributed by atoms with Gasteiger partial charge < -0.3 is 113 Å². The molecule has 0 radical (unpaired) electrons. The van der Waals surface area contributed by atoms with E-state index in [4.69, 9.17) is 38.9 Å². The highest BCUT2D eigenvalue weighted by molar-refractivity contribution is 5.98. The van der Waals surface area contributed by atoms with Crippen molar-refractivity contribution in [2.24, 2.45) is 11.7 Å². The van der Waals surface area contributed by atoms with E-state index in [1.807, 2.05) is 0 Å². The fraction of sp³-hybridized carbons (Fsp3) is 0.737. The van der Waals surface area contributed by atoms with Crippen molar-refractivity contribution in [1.82, 2.24) is 69.1 Å². The summed E-state index contributed by atoms with van der Waals surface area (Å²) >= 11 is 0. The summed E-state index contributed by atoms with van der Waals surface area (Å²) < 4.78 is 39.0. The van der Waals surface area contributed by atoms with E-state index >= 15 is 9.59 Å². The Hall–Kier alpha value is -9.32. The Morgan fingerprint density at radius 2 is 0.598 bits per heavy atom. The molecule has 638 valence electrons. The normalized spacial score (nSPS) is 15.1. The number of ether oxygens (including phenoxy) is 7. The topological polar surface area (TPSA) is 506 Å². The summed E-state index contributed by atoms with van der Waals surface area (Å²) in [5, 5.41) is 43.8. The number of alkyl carbamates (subject to hydrolysis) is 5. The SMILES string of the molecule is CC(C)C[C@H](NC(=O)[C@@H](Cc1ccccc1)NC(=O)[C@H](CCNC(=O)OC(C)(C)C)NC(=O)[C@H](CCN)NC(=O)[C@H](CCNC(=O)OC(C)(C)C)NC(=O)[C@@H](NC(=O)OC(C)(C)C)[C@@H](C)OC(C)(C)C)C(=O)N[C@@H](CCNC(=O)OC(C)(C)C)C(=O)N[C@@H](CCNC(=O)OC(C)(C)C)C(=O)N[C@H](C(=O)O)[C@@H](C)OC(C)(C)C. The summed E-state index contributed by atoms with van der Waals surface area (Å²) in [6.07, 6.45) is -8.96. The first-order valence-electron chi connectivity index (χ1n) is 37.8. The molecular weight excluding hydrogens is 1460 g/mol. The lowest BCUT2D eigenvalue weighted by molar-refractivity contribution is -0.150. The van der Waals surface area contributed by atoms with Gasteiger partial charge in [0, 0.05) is 32.6 Å². The Morgan fingerprint density at radius 1 is 0.330 bits per heavy atom. The number of aliphatic carboxylic acids is 1. The monoisotopic (exact) mass is 1590 g/mol. The Morgan fingerprint density at radius 3 is 0.902 bits per heavy atom. The minimum Gasteiger partial charge on any atom is -0.480 e. The maximum Gasteiger partial charge on any atom is 0.408 e. The van der Waals surface area contributed by atoms with Gasteiger partial charge in [0.15, 0.2) is 6.04 Å². The highest BCUT2D eigenvalue weighted by atomic mass is 16.6. The minimum atomic E-state index is -1.68. The Labute approximate surface area is 659 Å². The van der Waals surface area contributed by atoms with E-state index in [0.29, 0.717) is 5.56 Å². The first-order valence-corrected chi connectivity index (χ1v) is 37.8. The zero-order valence-electron chi connectivity index (χ0n) is 70.4. The zero-order valence-corrected chi connectivity index (χ0v) is 70.4. The number of carbonyl (C=O) groups excluding carboxylic acids is 13. The van der Waals surface area contributed by atoms with Crippen molar-refractivity contribution in [3.05, 3.63) is 35.9 Å². The molecule has 36 heteroatoms. The summed E-state index contributed by atoms with van der Waals surface area (Å²) in [4.78, 5) is 196. The molecule has 0 aliphatic rings. The lowest BCUT2D eigenvalue weighted by Crippen LogP contribution is -2.62. The number of hydrogen-bond acceptors (Lipinski definition) is 22. The molecule has 11 atom stereocenters. The van der Waals surface area contributed by atoms with Gasteiger partial charge in [-0.2, -0.15) is 0 Å². The van der Waals surface area contributed by atoms with Crippen molar-refractivity contribution in [3.8, 4) is 0 Å². The van der Waals surface area contributed by atoms with Crippen molar-refractivity contribution >= 4 is 83.7 Å². The fourth-order valence-corrected chi connectivity index (χ4v) is 10.4. The van der Waals surface area contributed by atoms with Gasteiger partial charge in [-0.25, -0.2) is 28.8 Å². The lowest BCUT2D eigenvalue weighted by Gasteiger charge is -2.32. The molecule has 1 rings (SSSR count). The first-order chi connectivity index (χ1) is 51.1. The number of amides is 13. The van der Waals surface area contributed by atoms with Crippen molar-refractivity contribution in [1.29, 1.82) is 0 Å². The van der Waals surface area contributed by atoms with Crippen LogP contribution in [0.15, 0.2) is 30.3 Å². The zero-order chi connectivity index (χ0) is 86.3. The Kier molecular flexibility index (Phi) is 40.8. The molecule has 0 saturated heterocycles. The van der Waals surface area contributed by atoms with E-state index < -0.39 is 202 Å². The van der Waals surface area contributed by atoms with Crippen molar-refractivity contribution in [3.63, 3.8) is 0 Å². The molecule has 36 nitrogen and oxygen atoms in total. The fourth-order valence-electron chi connectivity index (χ4n) is 10.4. The number of benzene rings is 1. The summed E-state index contributed by atoms with van der Waals surface area (Å²) in [5.41, 5.74) is 0.00435. The van der Waals surface area contributed by atoms with Crippen LogP contribution in [-0.2, 0) is 82.7 Å². The number of hydrogen-bond donors (Lipinski definition) is 15. The van der Waals surface area contributed by atoms with Gasteiger partial charge in [0.25, 0.3) is 0 Å². The Bertz CT molecular complexity index is 3270. The van der Waals surface area contributed by atoms with Crippen LogP contribution in [0, 0.1) is 5.92 Å².